The Morgan fingerprint density at radius 1 is 1.09 bits per heavy atom. The van der Waals surface area contributed by atoms with E-state index < -0.39 is 18.0 Å². The maximum atomic E-state index is 13.4. The van der Waals surface area contributed by atoms with Crippen molar-refractivity contribution in [1.29, 1.82) is 0 Å². The average Bonchev–Trinajstić information content (AvgIpc) is 2.83. The molecule has 3 heterocycles. The van der Waals surface area contributed by atoms with Crippen LogP contribution < -0.4 is 10.1 Å². The van der Waals surface area contributed by atoms with E-state index in [-0.39, 0.29) is 17.8 Å². The third kappa shape index (κ3) is 4.65. The molecule has 1 unspecified atom stereocenters. The number of alkyl halides is 3. The van der Waals surface area contributed by atoms with Gasteiger partial charge in [0.25, 0.3) is 0 Å². The Balaban J connectivity index is 1.53. The maximum Gasteiger partial charge on any atom is 0.416 e. The molecule has 0 radical (unpaired) electrons. The first kappa shape index (κ1) is 22.8. The second-order valence-corrected chi connectivity index (χ2v) is 8.73. The van der Waals surface area contributed by atoms with Gasteiger partial charge in [-0.2, -0.15) is 13.2 Å². The van der Waals surface area contributed by atoms with E-state index in [9.17, 15) is 18.3 Å². The highest BCUT2D eigenvalue weighted by atomic mass is 19.4. The fourth-order valence-electron chi connectivity index (χ4n) is 4.28. The summed E-state index contributed by atoms with van der Waals surface area (Å²) in [5.74, 6) is 0.710. The van der Waals surface area contributed by atoms with Gasteiger partial charge in [0.15, 0.2) is 12.1 Å². The predicted molar refractivity (Wildman–Crippen MR) is 119 cm³/mol. The molecule has 0 bridgehead atoms. The quantitative estimate of drug-likeness (QED) is 0.531. The van der Waals surface area contributed by atoms with E-state index in [1.165, 1.54) is 6.07 Å². The predicted octanol–water partition coefficient (Wildman–Crippen LogP) is 4.80. The number of aromatic nitrogens is 3. The van der Waals surface area contributed by atoms with Crippen molar-refractivity contribution in [2.75, 3.05) is 18.5 Å². The fraction of sp³-hybridized carbons (Fsp3) is 0.458. The largest absolute Gasteiger partial charge is 0.464 e. The Morgan fingerprint density at radius 2 is 1.97 bits per heavy atom. The van der Waals surface area contributed by atoms with Crippen molar-refractivity contribution < 1.29 is 27.8 Å². The van der Waals surface area contributed by atoms with Gasteiger partial charge in [-0.15, -0.1) is 10.2 Å². The molecule has 1 aromatic carbocycles. The number of nitrogens with one attached hydrogen (secondary N) is 1. The smallest absolute Gasteiger partial charge is 0.416 e. The molecule has 5 rings (SSSR count). The normalized spacial score (nSPS) is 22.9. The second kappa shape index (κ2) is 9.34. The molecular formula is C24H25F3N4O3. The molecule has 0 spiro atoms. The first-order chi connectivity index (χ1) is 16.4. The molecule has 3 atom stereocenters. The third-order valence-electron chi connectivity index (χ3n) is 6.45. The van der Waals surface area contributed by atoms with Gasteiger partial charge >= 0.3 is 6.18 Å². The molecule has 3 aromatic rings. The van der Waals surface area contributed by atoms with E-state index in [4.69, 9.17) is 9.47 Å². The number of benzene rings is 1. The minimum absolute atomic E-state index is 0.0486. The van der Waals surface area contributed by atoms with Crippen LogP contribution in [-0.4, -0.2) is 45.8 Å². The molecule has 1 saturated carbocycles. The lowest BCUT2D eigenvalue weighted by Gasteiger charge is -2.32. The van der Waals surface area contributed by atoms with E-state index in [1.54, 1.807) is 18.5 Å². The molecule has 0 amide bonds. The van der Waals surface area contributed by atoms with Crippen molar-refractivity contribution in [3.8, 4) is 17.0 Å². The molecule has 180 valence electrons. The lowest BCUT2D eigenvalue weighted by molar-refractivity contribution is -0.138. The van der Waals surface area contributed by atoms with Gasteiger partial charge in [-0.05, 0) is 49.9 Å². The summed E-state index contributed by atoms with van der Waals surface area (Å²) in [5, 5.41) is 23.1. The molecule has 1 saturated heterocycles. The maximum absolute atomic E-state index is 13.4. The highest BCUT2D eigenvalue weighted by Crippen LogP contribution is 2.40. The van der Waals surface area contributed by atoms with Crippen molar-refractivity contribution in [1.82, 2.24) is 15.2 Å². The van der Waals surface area contributed by atoms with Gasteiger partial charge in [0.1, 0.15) is 11.4 Å². The van der Waals surface area contributed by atoms with Crippen molar-refractivity contribution >= 4 is 16.6 Å². The Bertz CT molecular complexity index is 1170. The summed E-state index contributed by atoms with van der Waals surface area (Å²) in [5.41, 5.74) is -0.0173. The molecule has 1 aliphatic carbocycles. The van der Waals surface area contributed by atoms with Crippen molar-refractivity contribution in [2.45, 2.75) is 50.7 Å². The molecule has 2 aromatic heterocycles. The van der Waals surface area contributed by atoms with Gasteiger partial charge in [-0.25, -0.2) is 0 Å². The highest BCUT2D eigenvalue weighted by Gasteiger charge is 2.33. The Hall–Kier alpha value is -2.98. The number of hydrogen-bond donors (Lipinski definition) is 2. The summed E-state index contributed by atoms with van der Waals surface area (Å²) in [7, 11) is 0. The van der Waals surface area contributed by atoms with Crippen LogP contribution in [0.3, 0.4) is 0 Å². The molecule has 10 heteroatoms. The lowest BCUT2D eigenvalue weighted by Crippen LogP contribution is -2.36. The zero-order valence-corrected chi connectivity index (χ0v) is 18.4. The standard InChI is InChI=1S/C24H25F3N4O3/c25-24(26,27)15-5-6-17(20(11-15)34-21-3-1-2-10-33-21)22-16-8-9-28-13-18(16)23(31-30-22)29-12-14-4-7-19(14)32/h5-6,8-9,11,13-14,19,21,32H,1-4,7,10,12H2,(H,29,31)/t14-,19+,21?/m0/s1. The highest BCUT2D eigenvalue weighted by molar-refractivity contribution is 6.00. The molecule has 7 nitrogen and oxygen atoms in total. The van der Waals surface area contributed by atoms with Crippen LogP contribution in [-0.2, 0) is 10.9 Å². The summed E-state index contributed by atoms with van der Waals surface area (Å²) in [6.07, 6.45) is 1.89. The Labute approximate surface area is 194 Å². The van der Waals surface area contributed by atoms with Crippen LogP contribution >= 0.6 is 0 Å². The monoisotopic (exact) mass is 474 g/mol. The summed E-state index contributed by atoms with van der Waals surface area (Å²) >= 11 is 0. The van der Waals surface area contributed by atoms with Gasteiger partial charge < -0.3 is 19.9 Å². The average molecular weight is 474 g/mol. The van der Waals surface area contributed by atoms with E-state index in [0.29, 0.717) is 47.4 Å². The fourth-order valence-corrected chi connectivity index (χ4v) is 4.28. The lowest BCUT2D eigenvalue weighted by atomic mass is 9.82. The number of pyridine rings is 1. The zero-order valence-electron chi connectivity index (χ0n) is 18.4. The van der Waals surface area contributed by atoms with E-state index in [2.05, 4.69) is 20.5 Å². The molecular weight excluding hydrogens is 449 g/mol. The number of anilines is 1. The number of ether oxygens (including phenoxy) is 2. The van der Waals surface area contributed by atoms with Crippen LogP contribution in [0.5, 0.6) is 5.75 Å². The second-order valence-electron chi connectivity index (χ2n) is 8.73. The van der Waals surface area contributed by atoms with Crippen molar-refractivity contribution in [3.05, 3.63) is 42.2 Å². The summed E-state index contributed by atoms with van der Waals surface area (Å²) in [6, 6.07) is 5.12. The topological polar surface area (TPSA) is 89.4 Å². The SMILES string of the molecule is O[C@@H]1CC[C@H]1CNc1nnc(-c2ccc(C(F)(F)F)cc2OC2CCCCO2)c2ccncc12. The summed E-state index contributed by atoms with van der Waals surface area (Å²) in [6.45, 7) is 1.05. The first-order valence-corrected chi connectivity index (χ1v) is 11.4. The van der Waals surface area contributed by atoms with Crippen LogP contribution in [0, 0.1) is 5.92 Å². The summed E-state index contributed by atoms with van der Waals surface area (Å²) < 4.78 is 51.9. The van der Waals surface area contributed by atoms with Crippen molar-refractivity contribution in [2.24, 2.45) is 5.92 Å². The van der Waals surface area contributed by atoms with Gasteiger partial charge in [0.2, 0.25) is 0 Å². The van der Waals surface area contributed by atoms with Gasteiger partial charge in [-0.1, -0.05) is 0 Å². The number of hydrogen-bond acceptors (Lipinski definition) is 7. The number of fused-ring (bicyclic) bond motifs is 1. The molecule has 34 heavy (non-hydrogen) atoms. The minimum Gasteiger partial charge on any atom is -0.464 e. The molecule has 2 aliphatic rings. The Kier molecular flexibility index (Phi) is 6.26. The first-order valence-electron chi connectivity index (χ1n) is 11.4. The van der Waals surface area contributed by atoms with E-state index in [1.807, 2.05) is 0 Å². The number of rotatable bonds is 6. The van der Waals surface area contributed by atoms with Crippen LogP contribution in [0.25, 0.3) is 22.0 Å². The van der Waals surface area contributed by atoms with Crippen LogP contribution in [0.1, 0.15) is 37.7 Å². The van der Waals surface area contributed by atoms with E-state index in [0.717, 1.165) is 37.8 Å². The number of nitrogens with zero attached hydrogens (tertiary/aromatic N) is 3. The minimum atomic E-state index is -4.51. The van der Waals surface area contributed by atoms with Gasteiger partial charge in [-0.3, -0.25) is 4.98 Å². The molecule has 2 fully saturated rings. The molecule has 1 aliphatic heterocycles. The summed E-state index contributed by atoms with van der Waals surface area (Å²) in [4.78, 5) is 4.19. The van der Waals surface area contributed by atoms with Crippen LogP contribution in [0.15, 0.2) is 36.7 Å². The van der Waals surface area contributed by atoms with Crippen molar-refractivity contribution in [3.63, 3.8) is 0 Å². The molecule has 2 N–H and O–H groups in total. The number of halogens is 3. The zero-order chi connectivity index (χ0) is 23.7. The van der Waals surface area contributed by atoms with Gasteiger partial charge in [0, 0.05) is 47.6 Å². The van der Waals surface area contributed by atoms with Crippen LogP contribution in [0.2, 0.25) is 0 Å². The van der Waals surface area contributed by atoms with Crippen LogP contribution in [0.4, 0.5) is 19.0 Å². The number of aliphatic hydroxyl groups excluding tert-OH is 1. The number of aliphatic hydroxyl groups is 1. The Morgan fingerprint density at radius 3 is 2.68 bits per heavy atom. The third-order valence-corrected chi connectivity index (χ3v) is 6.45. The van der Waals surface area contributed by atoms with Gasteiger partial charge in [0.05, 0.1) is 18.3 Å². The van der Waals surface area contributed by atoms with E-state index >= 15 is 0 Å².